The Morgan fingerprint density at radius 3 is 2.67 bits per heavy atom. The Bertz CT molecular complexity index is 674. The highest BCUT2D eigenvalue weighted by atomic mass is 32.2. The Morgan fingerprint density at radius 2 is 1.95 bits per heavy atom. The van der Waals surface area contributed by atoms with E-state index in [9.17, 15) is 8.42 Å². The van der Waals surface area contributed by atoms with Crippen molar-refractivity contribution in [3.05, 3.63) is 48.5 Å². The minimum absolute atomic E-state index is 0.165. The number of hydrogen-bond acceptors (Lipinski definition) is 5. The smallest absolute Gasteiger partial charge is 0.244 e. The number of nitrogens with one attached hydrogen (secondary N) is 2. The molecule has 112 valence electrons. The van der Waals surface area contributed by atoms with Gasteiger partial charge in [-0.1, -0.05) is 6.07 Å². The summed E-state index contributed by atoms with van der Waals surface area (Å²) in [5.41, 5.74) is 1.54. The van der Waals surface area contributed by atoms with Crippen LogP contribution in [-0.4, -0.2) is 31.5 Å². The summed E-state index contributed by atoms with van der Waals surface area (Å²) in [5, 5.41) is 3.02. The van der Waals surface area contributed by atoms with Crippen molar-refractivity contribution < 1.29 is 8.42 Å². The van der Waals surface area contributed by atoms with Crippen LogP contribution in [0.15, 0.2) is 47.9 Å². The third kappa shape index (κ3) is 4.24. The van der Waals surface area contributed by atoms with Gasteiger partial charge in [-0.25, -0.2) is 13.1 Å². The molecule has 7 heteroatoms. The van der Waals surface area contributed by atoms with Gasteiger partial charge in [0.1, 0.15) is 4.90 Å². The first-order valence-corrected chi connectivity index (χ1v) is 8.18. The van der Waals surface area contributed by atoms with E-state index in [1.165, 1.54) is 6.20 Å². The third-order valence-electron chi connectivity index (χ3n) is 2.87. The van der Waals surface area contributed by atoms with Crippen LogP contribution in [-0.2, 0) is 16.4 Å². The molecule has 0 unspecified atom stereocenters. The lowest BCUT2D eigenvalue weighted by Crippen LogP contribution is -2.27. The van der Waals surface area contributed by atoms with Crippen LogP contribution >= 0.6 is 0 Å². The van der Waals surface area contributed by atoms with Crippen LogP contribution in [0.4, 0.5) is 5.69 Å². The standard InChI is InChI=1S/C14H18N4O2S/c1-2-17-13-6-8-16-11-14(13)21(19,20)18-9-5-12-4-3-7-15-10-12/h3-4,6-8,10-11,18H,2,5,9H2,1H3,(H,16,17). The molecule has 0 aliphatic rings. The predicted octanol–water partition coefficient (Wildman–Crippen LogP) is 1.43. The summed E-state index contributed by atoms with van der Waals surface area (Å²) in [6.45, 7) is 2.86. The lowest BCUT2D eigenvalue weighted by molar-refractivity contribution is 0.581. The van der Waals surface area contributed by atoms with Crippen molar-refractivity contribution in [2.24, 2.45) is 0 Å². The highest BCUT2D eigenvalue weighted by Crippen LogP contribution is 2.18. The Hall–Kier alpha value is -1.99. The van der Waals surface area contributed by atoms with Gasteiger partial charge in [0, 0.05) is 37.9 Å². The zero-order valence-corrected chi connectivity index (χ0v) is 12.6. The van der Waals surface area contributed by atoms with E-state index < -0.39 is 10.0 Å². The van der Waals surface area contributed by atoms with E-state index in [0.717, 1.165) is 5.56 Å². The van der Waals surface area contributed by atoms with Gasteiger partial charge in [0.15, 0.2) is 0 Å². The van der Waals surface area contributed by atoms with E-state index in [-0.39, 0.29) is 4.90 Å². The molecule has 0 saturated heterocycles. The van der Waals surface area contributed by atoms with Crippen LogP contribution < -0.4 is 10.0 Å². The highest BCUT2D eigenvalue weighted by Gasteiger charge is 2.17. The summed E-state index contributed by atoms with van der Waals surface area (Å²) in [7, 11) is -3.58. The maximum Gasteiger partial charge on any atom is 0.244 e. The highest BCUT2D eigenvalue weighted by molar-refractivity contribution is 7.89. The van der Waals surface area contributed by atoms with Crippen molar-refractivity contribution >= 4 is 15.7 Å². The number of anilines is 1. The van der Waals surface area contributed by atoms with Gasteiger partial charge in [-0.3, -0.25) is 9.97 Å². The van der Waals surface area contributed by atoms with Crippen molar-refractivity contribution in [3.63, 3.8) is 0 Å². The molecule has 0 fully saturated rings. The third-order valence-corrected chi connectivity index (χ3v) is 4.36. The average Bonchev–Trinajstić information content (AvgIpc) is 2.49. The summed E-state index contributed by atoms with van der Waals surface area (Å²) in [6, 6.07) is 5.39. The summed E-state index contributed by atoms with van der Waals surface area (Å²) >= 11 is 0. The molecular weight excluding hydrogens is 288 g/mol. The first-order valence-electron chi connectivity index (χ1n) is 6.70. The fourth-order valence-electron chi connectivity index (χ4n) is 1.88. The molecule has 2 aromatic rings. The molecule has 0 radical (unpaired) electrons. The largest absolute Gasteiger partial charge is 0.384 e. The Balaban J connectivity index is 2.05. The van der Waals surface area contributed by atoms with E-state index in [0.29, 0.717) is 25.2 Å². The van der Waals surface area contributed by atoms with Crippen LogP contribution in [0, 0.1) is 0 Å². The molecular formula is C14H18N4O2S. The van der Waals surface area contributed by atoms with Gasteiger partial charge in [0.25, 0.3) is 0 Å². The zero-order valence-electron chi connectivity index (χ0n) is 11.8. The van der Waals surface area contributed by atoms with Crippen LogP contribution in [0.5, 0.6) is 0 Å². The van der Waals surface area contributed by atoms with E-state index in [1.807, 2.05) is 19.1 Å². The van der Waals surface area contributed by atoms with Crippen molar-refractivity contribution in [1.82, 2.24) is 14.7 Å². The molecule has 0 amide bonds. The van der Waals surface area contributed by atoms with E-state index >= 15 is 0 Å². The maximum atomic E-state index is 12.3. The van der Waals surface area contributed by atoms with Gasteiger partial charge < -0.3 is 5.32 Å². The normalized spacial score (nSPS) is 11.3. The topological polar surface area (TPSA) is 84.0 Å². The minimum Gasteiger partial charge on any atom is -0.384 e. The second-order valence-electron chi connectivity index (χ2n) is 4.41. The van der Waals surface area contributed by atoms with Crippen LogP contribution in [0.1, 0.15) is 12.5 Å². The summed E-state index contributed by atoms with van der Waals surface area (Å²) in [5.74, 6) is 0. The number of sulfonamides is 1. The summed E-state index contributed by atoms with van der Waals surface area (Å²) in [4.78, 5) is 8.05. The molecule has 0 aliphatic heterocycles. The molecule has 2 rings (SSSR count). The number of hydrogen-bond donors (Lipinski definition) is 2. The minimum atomic E-state index is -3.58. The van der Waals surface area contributed by atoms with Crippen molar-refractivity contribution in [2.45, 2.75) is 18.2 Å². The van der Waals surface area contributed by atoms with E-state index in [1.54, 1.807) is 24.7 Å². The zero-order chi connectivity index (χ0) is 15.1. The van der Waals surface area contributed by atoms with Gasteiger partial charge in [-0.05, 0) is 31.0 Å². The quantitative estimate of drug-likeness (QED) is 0.808. The van der Waals surface area contributed by atoms with Crippen molar-refractivity contribution in [1.29, 1.82) is 0 Å². The Labute approximate surface area is 124 Å². The fourth-order valence-corrected chi connectivity index (χ4v) is 3.04. The molecule has 6 nitrogen and oxygen atoms in total. The van der Waals surface area contributed by atoms with Gasteiger partial charge in [-0.15, -0.1) is 0 Å². The van der Waals surface area contributed by atoms with Gasteiger partial charge >= 0.3 is 0 Å². The first-order chi connectivity index (χ1) is 10.1. The molecule has 0 bridgehead atoms. The van der Waals surface area contributed by atoms with Crippen molar-refractivity contribution in [2.75, 3.05) is 18.4 Å². The second-order valence-corrected chi connectivity index (χ2v) is 6.15. The SMILES string of the molecule is CCNc1ccncc1S(=O)(=O)NCCc1cccnc1. The molecule has 2 aromatic heterocycles. The molecule has 0 aromatic carbocycles. The molecule has 0 spiro atoms. The molecule has 2 N–H and O–H groups in total. The van der Waals surface area contributed by atoms with Crippen LogP contribution in [0.2, 0.25) is 0 Å². The number of nitrogens with zero attached hydrogens (tertiary/aromatic N) is 2. The van der Waals surface area contributed by atoms with Crippen LogP contribution in [0.3, 0.4) is 0 Å². The van der Waals surface area contributed by atoms with Crippen LogP contribution in [0.25, 0.3) is 0 Å². The lowest BCUT2D eigenvalue weighted by Gasteiger charge is -2.11. The number of rotatable bonds is 7. The Kier molecular flexibility index (Phi) is 5.24. The summed E-state index contributed by atoms with van der Waals surface area (Å²) in [6.07, 6.45) is 6.91. The van der Waals surface area contributed by atoms with Crippen molar-refractivity contribution in [3.8, 4) is 0 Å². The van der Waals surface area contributed by atoms with E-state index in [2.05, 4.69) is 20.0 Å². The molecule has 0 saturated carbocycles. The van der Waals surface area contributed by atoms with Gasteiger partial charge in [0.2, 0.25) is 10.0 Å². The molecule has 2 heterocycles. The number of pyridine rings is 2. The second kappa shape index (κ2) is 7.14. The molecule has 21 heavy (non-hydrogen) atoms. The van der Waals surface area contributed by atoms with Gasteiger partial charge in [-0.2, -0.15) is 0 Å². The molecule has 0 aliphatic carbocycles. The molecule has 0 atom stereocenters. The monoisotopic (exact) mass is 306 g/mol. The Morgan fingerprint density at radius 1 is 1.14 bits per heavy atom. The van der Waals surface area contributed by atoms with Gasteiger partial charge in [0.05, 0.1) is 5.69 Å². The predicted molar refractivity (Wildman–Crippen MR) is 81.5 cm³/mol. The maximum absolute atomic E-state index is 12.3. The lowest BCUT2D eigenvalue weighted by atomic mass is 10.2. The average molecular weight is 306 g/mol. The summed E-state index contributed by atoms with van der Waals surface area (Å²) < 4.78 is 27.2. The first kappa shape index (κ1) is 15.4. The number of aromatic nitrogens is 2. The fraction of sp³-hybridized carbons (Fsp3) is 0.286. The van der Waals surface area contributed by atoms with E-state index in [4.69, 9.17) is 0 Å².